The Balaban J connectivity index is 1.93. The first-order valence-corrected chi connectivity index (χ1v) is 7.25. The average Bonchev–Trinajstić information content (AvgIpc) is 2.92. The predicted octanol–water partition coefficient (Wildman–Crippen LogP) is 3.23. The lowest BCUT2D eigenvalue weighted by Crippen LogP contribution is -2.42. The van der Waals surface area contributed by atoms with Crippen molar-refractivity contribution >= 4 is 5.65 Å². The van der Waals surface area contributed by atoms with Gasteiger partial charge < -0.3 is 14.2 Å². The fourth-order valence-corrected chi connectivity index (χ4v) is 2.96. The SMILES string of the molecule is Cc1cn2ccc3c(c2n1)O[C@H](c1ccccc1)[C@@H](O)C3(F)F. The molecule has 1 aliphatic rings. The van der Waals surface area contributed by atoms with E-state index in [9.17, 15) is 13.9 Å². The van der Waals surface area contributed by atoms with Gasteiger partial charge in [0.1, 0.15) is 0 Å². The summed E-state index contributed by atoms with van der Waals surface area (Å²) < 4.78 is 36.8. The molecule has 1 N–H and O–H groups in total. The van der Waals surface area contributed by atoms with Crippen LogP contribution in [-0.4, -0.2) is 20.6 Å². The number of alkyl halides is 2. The van der Waals surface area contributed by atoms with Crippen LogP contribution in [0.15, 0.2) is 48.8 Å². The van der Waals surface area contributed by atoms with E-state index in [1.165, 1.54) is 12.3 Å². The van der Waals surface area contributed by atoms with E-state index in [4.69, 9.17) is 4.74 Å². The topological polar surface area (TPSA) is 46.8 Å². The smallest absolute Gasteiger partial charge is 0.306 e. The minimum Gasteiger partial charge on any atom is -0.478 e. The number of imidazole rings is 1. The number of rotatable bonds is 1. The number of aromatic nitrogens is 2. The highest BCUT2D eigenvalue weighted by molar-refractivity contribution is 5.61. The maximum absolute atomic E-state index is 14.7. The van der Waals surface area contributed by atoms with Crippen LogP contribution < -0.4 is 4.74 Å². The Morgan fingerprint density at radius 2 is 1.96 bits per heavy atom. The average molecular weight is 316 g/mol. The summed E-state index contributed by atoms with van der Waals surface area (Å²) in [7, 11) is 0. The normalized spacial score (nSPS) is 22.6. The van der Waals surface area contributed by atoms with Crippen LogP contribution in [0.5, 0.6) is 5.75 Å². The summed E-state index contributed by atoms with van der Waals surface area (Å²) in [6, 6.07) is 9.81. The van der Waals surface area contributed by atoms with E-state index in [-0.39, 0.29) is 11.3 Å². The highest BCUT2D eigenvalue weighted by Gasteiger charge is 2.52. The second-order valence-corrected chi connectivity index (χ2v) is 5.69. The molecule has 3 aromatic rings. The molecule has 0 radical (unpaired) electrons. The van der Waals surface area contributed by atoms with Gasteiger partial charge in [-0.3, -0.25) is 0 Å². The number of hydrogen-bond donors (Lipinski definition) is 1. The van der Waals surface area contributed by atoms with Crippen molar-refractivity contribution in [3.63, 3.8) is 0 Å². The Morgan fingerprint density at radius 3 is 2.70 bits per heavy atom. The van der Waals surface area contributed by atoms with Crippen LogP contribution in [0.1, 0.15) is 22.9 Å². The molecule has 1 aliphatic heterocycles. The summed E-state index contributed by atoms with van der Waals surface area (Å²) >= 11 is 0. The minimum absolute atomic E-state index is 0.0183. The van der Waals surface area contributed by atoms with Crippen LogP contribution in [0.3, 0.4) is 0 Å². The van der Waals surface area contributed by atoms with Crippen molar-refractivity contribution in [1.29, 1.82) is 0 Å². The molecule has 4 rings (SSSR count). The number of halogens is 2. The van der Waals surface area contributed by atoms with Gasteiger partial charge in [0.15, 0.2) is 23.6 Å². The first kappa shape index (κ1) is 14.1. The van der Waals surface area contributed by atoms with E-state index in [2.05, 4.69) is 4.98 Å². The Hall–Kier alpha value is -2.47. The van der Waals surface area contributed by atoms with Crippen LogP contribution in [0.4, 0.5) is 8.78 Å². The number of benzene rings is 1. The number of fused-ring (bicyclic) bond motifs is 3. The van der Waals surface area contributed by atoms with Gasteiger partial charge in [-0.05, 0) is 18.6 Å². The molecule has 0 amide bonds. The van der Waals surface area contributed by atoms with E-state index < -0.39 is 18.1 Å². The monoisotopic (exact) mass is 316 g/mol. The van der Waals surface area contributed by atoms with Crippen LogP contribution in [0.2, 0.25) is 0 Å². The first-order chi connectivity index (χ1) is 11.0. The molecule has 6 heteroatoms. The molecule has 2 aromatic heterocycles. The number of ether oxygens (including phenoxy) is 1. The van der Waals surface area contributed by atoms with E-state index in [0.717, 1.165) is 0 Å². The predicted molar refractivity (Wildman–Crippen MR) is 79.6 cm³/mol. The zero-order chi connectivity index (χ0) is 16.2. The number of nitrogens with zero attached hydrogens (tertiary/aromatic N) is 2. The van der Waals surface area contributed by atoms with E-state index in [1.54, 1.807) is 47.9 Å². The summed E-state index contributed by atoms with van der Waals surface area (Å²) in [6.45, 7) is 1.78. The van der Waals surface area contributed by atoms with Gasteiger partial charge in [0.05, 0.1) is 11.3 Å². The van der Waals surface area contributed by atoms with E-state index >= 15 is 0 Å². The van der Waals surface area contributed by atoms with Gasteiger partial charge in [-0.15, -0.1) is 0 Å². The number of aliphatic hydroxyl groups is 1. The van der Waals surface area contributed by atoms with Crippen molar-refractivity contribution in [2.75, 3.05) is 0 Å². The van der Waals surface area contributed by atoms with Gasteiger partial charge >= 0.3 is 5.92 Å². The highest BCUT2D eigenvalue weighted by atomic mass is 19.3. The van der Waals surface area contributed by atoms with Gasteiger partial charge in [0.2, 0.25) is 0 Å². The molecule has 0 aliphatic carbocycles. The second-order valence-electron chi connectivity index (χ2n) is 5.69. The van der Waals surface area contributed by atoms with Gasteiger partial charge in [-0.2, -0.15) is 8.78 Å². The van der Waals surface area contributed by atoms with Crippen LogP contribution >= 0.6 is 0 Å². The van der Waals surface area contributed by atoms with Crippen molar-refractivity contribution in [2.24, 2.45) is 0 Å². The maximum atomic E-state index is 14.7. The van der Waals surface area contributed by atoms with E-state index in [0.29, 0.717) is 16.9 Å². The molecule has 0 saturated heterocycles. The minimum atomic E-state index is -3.42. The van der Waals surface area contributed by atoms with Gasteiger partial charge in [-0.25, -0.2) is 4.98 Å². The molecule has 23 heavy (non-hydrogen) atoms. The molecule has 4 nitrogen and oxygen atoms in total. The van der Waals surface area contributed by atoms with Gasteiger partial charge in [0, 0.05) is 12.4 Å². The third-order valence-corrected chi connectivity index (χ3v) is 4.09. The molecule has 0 fully saturated rings. The molecule has 0 saturated carbocycles. The third kappa shape index (κ3) is 2.02. The van der Waals surface area contributed by atoms with Crippen molar-refractivity contribution in [1.82, 2.24) is 9.38 Å². The zero-order valence-electron chi connectivity index (χ0n) is 12.3. The summed E-state index contributed by atoms with van der Waals surface area (Å²) in [4.78, 5) is 4.27. The summed E-state index contributed by atoms with van der Waals surface area (Å²) in [5, 5.41) is 10.2. The molecule has 0 spiro atoms. The molecule has 0 unspecified atom stereocenters. The molecule has 0 bridgehead atoms. The fourth-order valence-electron chi connectivity index (χ4n) is 2.96. The Bertz CT molecular complexity index is 877. The fraction of sp³-hybridized carbons (Fsp3) is 0.235. The quantitative estimate of drug-likeness (QED) is 0.750. The van der Waals surface area contributed by atoms with Crippen molar-refractivity contribution < 1.29 is 18.6 Å². The van der Waals surface area contributed by atoms with E-state index in [1.807, 2.05) is 0 Å². The number of aliphatic hydroxyl groups excluding tert-OH is 1. The van der Waals surface area contributed by atoms with Gasteiger partial charge in [0.25, 0.3) is 0 Å². The van der Waals surface area contributed by atoms with Crippen LogP contribution in [0, 0.1) is 6.92 Å². The van der Waals surface area contributed by atoms with Crippen molar-refractivity contribution in [2.45, 2.75) is 25.1 Å². The Kier molecular flexibility index (Phi) is 2.93. The molecule has 3 heterocycles. The lowest BCUT2D eigenvalue weighted by atomic mass is 9.92. The Morgan fingerprint density at radius 1 is 1.22 bits per heavy atom. The molecule has 1 aromatic carbocycles. The lowest BCUT2D eigenvalue weighted by Gasteiger charge is -2.36. The first-order valence-electron chi connectivity index (χ1n) is 7.25. The van der Waals surface area contributed by atoms with Crippen molar-refractivity contribution in [3.8, 4) is 5.75 Å². The number of hydrogen-bond acceptors (Lipinski definition) is 3. The summed E-state index contributed by atoms with van der Waals surface area (Å²) in [5.41, 5.74) is 1.19. The van der Waals surface area contributed by atoms with Crippen LogP contribution in [0.25, 0.3) is 5.65 Å². The largest absolute Gasteiger partial charge is 0.478 e. The maximum Gasteiger partial charge on any atom is 0.306 e. The third-order valence-electron chi connectivity index (χ3n) is 4.09. The standard InChI is InChI=1S/C17H14F2N2O2/c1-10-9-21-8-7-12-14(16(21)20-10)23-13(15(22)17(12,18)19)11-5-3-2-4-6-11/h2-9,13,15,22H,1H3/t13-,15-/m1/s1. The van der Waals surface area contributed by atoms with Crippen molar-refractivity contribution in [3.05, 3.63) is 65.6 Å². The highest BCUT2D eigenvalue weighted by Crippen LogP contribution is 2.49. The Labute approximate surface area is 131 Å². The summed E-state index contributed by atoms with van der Waals surface area (Å²) in [5.74, 6) is -3.40. The molecule has 118 valence electrons. The number of aryl methyl sites for hydroxylation is 1. The molecule has 2 atom stereocenters. The molecular formula is C17H14F2N2O2. The second kappa shape index (κ2) is 4.76. The van der Waals surface area contributed by atoms with Crippen LogP contribution in [-0.2, 0) is 5.92 Å². The lowest BCUT2D eigenvalue weighted by molar-refractivity contribution is -0.169. The molecular weight excluding hydrogens is 302 g/mol. The van der Waals surface area contributed by atoms with Gasteiger partial charge in [-0.1, -0.05) is 30.3 Å². The zero-order valence-corrected chi connectivity index (χ0v) is 12.3. The number of pyridine rings is 1. The summed E-state index contributed by atoms with van der Waals surface area (Å²) in [6.07, 6.45) is 0.124.